The highest BCUT2D eigenvalue weighted by molar-refractivity contribution is 5.74. The van der Waals surface area contributed by atoms with Crippen molar-refractivity contribution in [2.24, 2.45) is 5.41 Å². The number of carboxylic acids is 1. The lowest BCUT2D eigenvalue weighted by Crippen LogP contribution is -2.40. The molecule has 2 aliphatic rings. The zero-order valence-corrected chi connectivity index (χ0v) is 13.0. The maximum Gasteiger partial charge on any atom is 0.320 e. The van der Waals surface area contributed by atoms with Gasteiger partial charge in [0, 0.05) is 13.1 Å². The lowest BCUT2D eigenvalue weighted by molar-refractivity contribution is -0.141. The van der Waals surface area contributed by atoms with Crippen LogP contribution in [-0.2, 0) is 11.3 Å². The van der Waals surface area contributed by atoms with E-state index in [1.54, 1.807) is 6.07 Å². The third-order valence-corrected chi connectivity index (χ3v) is 5.26. The number of hydrogen-bond acceptors (Lipinski definition) is 4. The van der Waals surface area contributed by atoms with Gasteiger partial charge in [-0.3, -0.25) is 14.6 Å². The third-order valence-electron chi connectivity index (χ3n) is 5.26. The van der Waals surface area contributed by atoms with Gasteiger partial charge in [0.1, 0.15) is 11.8 Å². The second kappa shape index (κ2) is 5.89. The Kier molecular flexibility index (Phi) is 4.10. The number of carboxylic acid groups (broad SMARTS) is 1. The van der Waals surface area contributed by atoms with Gasteiger partial charge in [0.15, 0.2) is 0 Å². The molecule has 2 heterocycles. The highest BCUT2D eigenvalue weighted by atomic mass is 16.4. The number of nitrogens with zero attached hydrogens (tertiary/aromatic N) is 2. The molecule has 2 fully saturated rings. The summed E-state index contributed by atoms with van der Waals surface area (Å²) < 4.78 is 0. The second-order valence-electron chi connectivity index (χ2n) is 6.92. The first-order valence-electron chi connectivity index (χ1n) is 7.91. The summed E-state index contributed by atoms with van der Waals surface area (Å²) in [5.74, 6) is -0.380. The molecule has 0 unspecified atom stereocenters. The predicted octanol–water partition coefficient (Wildman–Crippen LogP) is 1.76. The molecule has 0 aromatic heterocycles. The van der Waals surface area contributed by atoms with E-state index in [2.05, 4.69) is 4.90 Å². The summed E-state index contributed by atoms with van der Waals surface area (Å²) in [5.41, 5.74) is 1.30. The Hall–Kier alpha value is -1.59. The van der Waals surface area contributed by atoms with Crippen molar-refractivity contribution in [3.63, 3.8) is 0 Å². The Morgan fingerprint density at radius 2 is 2.09 bits per heavy atom. The number of aliphatic carboxylic acids is 1. The van der Waals surface area contributed by atoms with E-state index in [0.717, 1.165) is 51.0 Å². The minimum Gasteiger partial charge on any atom is -0.508 e. The van der Waals surface area contributed by atoms with Crippen molar-refractivity contribution in [1.82, 2.24) is 9.80 Å². The van der Waals surface area contributed by atoms with Gasteiger partial charge < -0.3 is 10.2 Å². The van der Waals surface area contributed by atoms with Gasteiger partial charge in [0.2, 0.25) is 0 Å². The van der Waals surface area contributed by atoms with E-state index in [1.165, 1.54) is 0 Å². The molecule has 0 aliphatic carbocycles. The molecule has 0 radical (unpaired) electrons. The molecule has 1 atom stereocenters. The van der Waals surface area contributed by atoms with Gasteiger partial charge in [-0.1, -0.05) is 12.1 Å². The molecule has 0 bridgehead atoms. The van der Waals surface area contributed by atoms with Crippen LogP contribution < -0.4 is 0 Å². The average molecular weight is 304 g/mol. The van der Waals surface area contributed by atoms with Gasteiger partial charge in [0.25, 0.3) is 0 Å². The van der Waals surface area contributed by atoms with Gasteiger partial charge in [-0.2, -0.15) is 0 Å². The minimum atomic E-state index is -0.693. The summed E-state index contributed by atoms with van der Waals surface area (Å²) in [4.78, 5) is 15.7. The van der Waals surface area contributed by atoms with Gasteiger partial charge in [0.05, 0.1) is 0 Å². The Bertz CT molecular complexity index is 553. The fourth-order valence-corrected chi connectivity index (χ4v) is 4.01. The number of phenols is 1. The summed E-state index contributed by atoms with van der Waals surface area (Å²) in [6.45, 7) is 3.73. The van der Waals surface area contributed by atoms with E-state index in [1.807, 2.05) is 30.1 Å². The first kappa shape index (κ1) is 15.3. The number of aromatic hydroxyl groups is 1. The summed E-state index contributed by atoms with van der Waals surface area (Å²) in [6, 6.07) is 7.09. The number of hydrogen-bond donors (Lipinski definition) is 2. The highest BCUT2D eigenvalue weighted by Crippen LogP contribution is 2.43. The standard InChI is InChI=1S/C17H24N2O3/c1-18-12-17(10-15(18)16(21)22)5-7-19(8-6-17)11-13-3-2-4-14(20)9-13/h2-4,9,15,20H,5-8,10-12H2,1H3,(H,21,22)/t15-/m1/s1. The highest BCUT2D eigenvalue weighted by Gasteiger charge is 2.46. The maximum absolute atomic E-state index is 11.3. The molecule has 5 nitrogen and oxygen atoms in total. The molecular weight excluding hydrogens is 280 g/mol. The number of piperidine rings is 1. The fourth-order valence-electron chi connectivity index (χ4n) is 4.01. The Morgan fingerprint density at radius 3 is 2.68 bits per heavy atom. The average Bonchev–Trinajstić information content (AvgIpc) is 2.79. The topological polar surface area (TPSA) is 64.0 Å². The Labute approximate surface area is 131 Å². The van der Waals surface area contributed by atoms with Crippen molar-refractivity contribution < 1.29 is 15.0 Å². The zero-order chi connectivity index (χ0) is 15.7. The fraction of sp³-hybridized carbons (Fsp3) is 0.588. The summed E-state index contributed by atoms with van der Waals surface area (Å²) in [5, 5.41) is 18.8. The van der Waals surface area contributed by atoms with Crippen molar-refractivity contribution in [1.29, 1.82) is 0 Å². The number of likely N-dealkylation sites (tertiary alicyclic amines) is 2. The van der Waals surface area contributed by atoms with E-state index in [9.17, 15) is 15.0 Å². The predicted molar refractivity (Wildman–Crippen MR) is 83.7 cm³/mol. The molecule has 1 spiro atoms. The van der Waals surface area contributed by atoms with Crippen LogP contribution in [0.1, 0.15) is 24.8 Å². The number of likely N-dealkylation sites (N-methyl/N-ethyl adjacent to an activating group) is 1. The molecule has 0 amide bonds. The van der Waals surface area contributed by atoms with Crippen LogP contribution in [0, 0.1) is 5.41 Å². The molecule has 22 heavy (non-hydrogen) atoms. The summed E-state index contributed by atoms with van der Waals surface area (Å²) in [7, 11) is 1.92. The number of benzene rings is 1. The monoisotopic (exact) mass is 304 g/mol. The first-order chi connectivity index (χ1) is 10.5. The number of carbonyl (C=O) groups is 1. The SMILES string of the molecule is CN1CC2(CCN(Cc3cccc(O)c3)CC2)C[C@@H]1C(=O)O. The van der Waals surface area contributed by atoms with Gasteiger partial charge in [-0.05, 0) is 62.5 Å². The molecule has 5 heteroatoms. The smallest absolute Gasteiger partial charge is 0.320 e. The minimum absolute atomic E-state index is 0.174. The van der Waals surface area contributed by atoms with Crippen molar-refractivity contribution in [2.45, 2.75) is 31.8 Å². The van der Waals surface area contributed by atoms with Crippen LogP contribution in [0.15, 0.2) is 24.3 Å². The molecule has 1 aromatic carbocycles. The first-order valence-corrected chi connectivity index (χ1v) is 7.91. The molecule has 3 rings (SSSR count). The van der Waals surface area contributed by atoms with Crippen molar-refractivity contribution in [3.05, 3.63) is 29.8 Å². The quantitative estimate of drug-likeness (QED) is 0.891. The van der Waals surface area contributed by atoms with E-state index < -0.39 is 5.97 Å². The molecule has 2 saturated heterocycles. The number of rotatable bonds is 3. The maximum atomic E-state index is 11.3. The molecule has 120 valence electrons. The lowest BCUT2D eigenvalue weighted by atomic mass is 9.76. The van der Waals surface area contributed by atoms with E-state index in [0.29, 0.717) is 5.75 Å². The largest absolute Gasteiger partial charge is 0.508 e. The van der Waals surface area contributed by atoms with Crippen molar-refractivity contribution in [2.75, 3.05) is 26.7 Å². The normalized spacial score (nSPS) is 25.6. The third kappa shape index (κ3) is 3.10. The Morgan fingerprint density at radius 1 is 1.36 bits per heavy atom. The van der Waals surface area contributed by atoms with Gasteiger partial charge in [-0.25, -0.2) is 0 Å². The molecule has 2 aliphatic heterocycles. The van der Waals surface area contributed by atoms with E-state index in [-0.39, 0.29) is 11.5 Å². The summed E-state index contributed by atoms with van der Waals surface area (Å²) in [6.07, 6.45) is 2.89. The van der Waals surface area contributed by atoms with Crippen LogP contribution in [0.2, 0.25) is 0 Å². The van der Waals surface area contributed by atoms with Crippen LogP contribution in [0.4, 0.5) is 0 Å². The molecule has 2 N–H and O–H groups in total. The van der Waals surface area contributed by atoms with Crippen molar-refractivity contribution >= 4 is 5.97 Å². The van der Waals surface area contributed by atoms with Gasteiger partial charge in [-0.15, -0.1) is 0 Å². The Balaban J connectivity index is 1.58. The van der Waals surface area contributed by atoms with Crippen LogP contribution in [0.5, 0.6) is 5.75 Å². The van der Waals surface area contributed by atoms with Crippen LogP contribution in [-0.4, -0.2) is 58.7 Å². The zero-order valence-electron chi connectivity index (χ0n) is 13.0. The molecule has 0 saturated carbocycles. The second-order valence-corrected chi connectivity index (χ2v) is 6.92. The number of phenolic OH excluding ortho intramolecular Hbond substituents is 1. The molecule has 1 aromatic rings. The molecular formula is C17H24N2O3. The van der Waals surface area contributed by atoms with Gasteiger partial charge >= 0.3 is 5.97 Å². The van der Waals surface area contributed by atoms with E-state index in [4.69, 9.17) is 0 Å². The van der Waals surface area contributed by atoms with Crippen LogP contribution in [0.25, 0.3) is 0 Å². The van der Waals surface area contributed by atoms with Crippen molar-refractivity contribution in [3.8, 4) is 5.75 Å². The van der Waals surface area contributed by atoms with Crippen LogP contribution >= 0.6 is 0 Å². The van der Waals surface area contributed by atoms with Crippen LogP contribution in [0.3, 0.4) is 0 Å². The van der Waals surface area contributed by atoms with E-state index >= 15 is 0 Å². The lowest BCUT2D eigenvalue weighted by Gasteiger charge is -2.39. The summed E-state index contributed by atoms with van der Waals surface area (Å²) >= 11 is 0.